The molecule has 0 aliphatic rings. The van der Waals surface area contributed by atoms with Gasteiger partial charge in [0.05, 0.1) is 6.61 Å². The van der Waals surface area contributed by atoms with Crippen molar-refractivity contribution in [3.63, 3.8) is 0 Å². The summed E-state index contributed by atoms with van der Waals surface area (Å²) in [6.07, 6.45) is 3.36. The van der Waals surface area contributed by atoms with Gasteiger partial charge in [-0.3, -0.25) is 0 Å². The maximum atomic E-state index is 5.68. The Morgan fingerprint density at radius 2 is 1.72 bits per heavy atom. The van der Waals surface area contributed by atoms with Crippen LogP contribution in [0.15, 0.2) is 54.6 Å². The van der Waals surface area contributed by atoms with Crippen LogP contribution in [0, 0.1) is 6.92 Å². The summed E-state index contributed by atoms with van der Waals surface area (Å²) < 4.78 is 5.68. The number of hydrogen-bond acceptors (Lipinski definition) is 1. The van der Waals surface area contributed by atoms with Gasteiger partial charge in [-0.25, -0.2) is 0 Å². The predicted molar refractivity (Wildman–Crippen MR) is 75.8 cm³/mol. The van der Waals surface area contributed by atoms with Gasteiger partial charge in [-0.1, -0.05) is 42.5 Å². The summed E-state index contributed by atoms with van der Waals surface area (Å²) in [5.74, 6) is 0.919. The molecule has 0 bridgehead atoms. The van der Waals surface area contributed by atoms with Crippen LogP contribution in [0.25, 0.3) is 0 Å². The number of ether oxygens (including phenoxy) is 1. The van der Waals surface area contributed by atoms with Gasteiger partial charge in [0.25, 0.3) is 0 Å². The minimum Gasteiger partial charge on any atom is -0.494 e. The minimum absolute atomic E-state index is 0.774. The molecule has 18 heavy (non-hydrogen) atoms. The van der Waals surface area contributed by atoms with Gasteiger partial charge >= 0.3 is 0 Å². The second kappa shape index (κ2) is 6.85. The lowest BCUT2D eigenvalue weighted by atomic mass is 10.1. The van der Waals surface area contributed by atoms with Crippen molar-refractivity contribution in [3.05, 3.63) is 72.6 Å². The fourth-order valence-electron chi connectivity index (χ4n) is 1.90. The van der Waals surface area contributed by atoms with Crippen LogP contribution >= 0.6 is 0 Å². The number of hydrogen-bond donors (Lipinski definition) is 0. The van der Waals surface area contributed by atoms with Gasteiger partial charge in [0, 0.05) is 0 Å². The van der Waals surface area contributed by atoms with E-state index in [-0.39, 0.29) is 0 Å². The van der Waals surface area contributed by atoms with Crippen LogP contribution in [0.3, 0.4) is 0 Å². The smallest absolute Gasteiger partial charge is 0.119 e. The lowest BCUT2D eigenvalue weighted by Crippen LogP contribution is -1.98. The molecule has 0 spiro atoms. The monoisotopic (exact) mass is 239 g/mol. The molecular formula is C17H19O. The summed E-state index contributed by atoms with van der Waals surface area (Å²) in [5, 5.41) is 0. The van der Waals surface area contributed by atoms with Gasteiger partial charge in [-0.15, -0.1) is 0 Å². The molecule has 0 aliphatic heterocycles. The van der Waals surface area contributed by atoms with Gasteiger partial charge in [-0.2, -0.15) is 0 Å². The first-order valence-corrected chi connectivity index (χ1v) is 6.43. The van der Waals surface area contributed by atoms with Gasteiger partial charge in [0.2, 0.25) is 0 Å². The van der Waals surface area contributed by atoms with Crippen LogP contribution in [-0.2, 0) is 6.42 Å². The molecule has 0 heterocycles. The molecule has 0 aliphatic carbocycles. The Morgan fingerprint density at radius 3 is 2.50 bits per heavy atom. The maximum absolute atomic E-state index is 5.68. The van der Waals surface area contributed by atoms with E-state index in [2.05, 4.69) is 37.3 Å². The third-order valence-electron chi connectivity index (χ3n) is 2.87. The highest BCUT2D eigenvalue weighted by molar-refractivity contribution is 5.29. The van der Waals surface area contributed by atoms with E-state index in [9.17, 15) is 0 Å². The normalized spacial score (nSPS) is 10.3. The van der Waals surface area contributed by atoms with E-state index in [1.165, 1.54) is 5.56 Å². The molecule has 0 saturated carbocycles. The quantitative estimate of drug-likeness (QED) is 0.684. The van der Waals surface area contributed by atoms with Crippen molar-refractivity contribution in [2.24, 2.45) is 0 Å². The number of rotatable bonds is 6. The molecule has 0 N–H and O–H groups in total. The molecule has 1 heteroatoms. The Morgan fingerprint density at radius 1 is 0.889 bits per heavy atom. The van der Waals surface area contributed by atoms with E-state index in [0.29, 0.717) is 0 Å². The van der Waals surface area contributed by atoms with Gasteiger partial charge in [-0.05, 0) is 49.4 Å². The second-order valence-corrected chi connectivity index (χ2v) is 4.44. The van der Waals surface area contributed by atoms with Crippen LogP contribution in [0.4, 0.5) is 0 Å². The van der Waals surface area contributed by atoms with Crippen LogP contribution in [-0.4, -0.2) is 6.61 Å². The molecule has 0 fully saturated rings. The zero-order valence-corrected chi connectivity index (χ0v) is 10.6. The zero-order valence-electron chi connectivity index (χ0n) is 10.6. The van der Waals surface area contributed by atoms with Crippen molar-refractivity contribution < 1.29 is 4.74 Å². The summed E-state index contributed by atoms with van der Waals surface area (Å²) in [4.78, 5) is 0. The Labute approximate surface area is 109 Å². The molecule has 1 nitrogen and oxygen atoms in total. The SMILES string of the molecule is [CH2]c1cccc(OCCCCc2ccccc2)c1. The Balaban J connectivity index is 1.65. The fraction of sp³-hybridized carbons (Fsp3) is 0.235. The van der Waals surface area contributed by atoms with Crippen LogP contribution in [0.5, 0.6) is 5.75 Å². The van der Waals surface area contributed by atoms with Crippen LogP contribution in [0.1, 0.15) is 24.0 Å². The van der Waals surface area contributed by atoms with Crippen molar-refractivity contribution in [2.45, 2.75) is 19.3 Å². The summed E-state index contributed by atoms with van der Waals surface area (Å²) >= 11 is 0. The zero-order chi connectivity index (χ0) is 12.6. The molecule has 2 aromatic rings. The average Bonchev–Trinajstić information content (AvgIpc) is 2.40. The third kappa shape index (κ3) is 4.25. The highest BCUT2D eigenvalue weighted by Crippen LogP contribution is 2.13. The molecule has 1 radical (unpaired) electrons. The van der Waals surface area contributed by atoms with Crippen LogP contribution < -0.4 is 4.74 Å². The van der Waals surface area contributed by atoms with Crippen molar-refractivity contribution in [3.8, 4) is 5.75 Å². The largest absolute Gasteiger partial charge is 0.494 e. The highest BCUT2D eigenvalue weighted by atomic mass is 16.5. The summed E-state index contributed by atoms with van der Waals surface area (Å²) in [5.41, 5.74) is 2.40. The van der Waals surface area contributed by atoms with Crippen molar-refractivity contribution in [1.29, 1.82) is 0 Å². The first kappa shape index (κ1) is 12.7. The van der Waals surface area contributed by atoms with E-state index in [0.717, 1.165) is 37.2 Å². The van der Waals surface area contributed by atoms with E-state index in [4.69, 9.17) is 4.74 Å². The van der Waals surface area contributed by atoms with Gasteiger partial charge in [0.15, 0.2) is 0 Å². The van der Waals surface area contributed by atoms with Crippen molar-refractivity contribution in [2.75, 3.05) is 6.61 Å². The van der Waals surface area contributed by atoms with Crippen molar-refractivity contribution in [1.82, 2.24) is 0 Å². The molecular weight excluding hydrogens is 220 g/mol. The van der Waals surface area contributed by atoms with E-state index in [1.54, 1.807) is 0 Å². The maximum Gasteiger partial charge on any atom is 0.119 e. The standard InChI is InChI=1S/C17H19O/c1-15-8-7-12-17(14-15)18-13-6-5-11-16-9-3-2-4-10-16/h2-4,7-10,12,14H,1,5-6,11,13H2. The molecule has 0 unspecified atom stereocenters. The molecule has 2 rings (SSSR count). The number of unbranched alkanes of at least 4 members (excludes halogenated alkanes) is 1. The lowest BCUT2D eigenvalue weighted by molar-refractivity contribution is 0.307. The van der Waals surface area contributed by atoms with Crippen LogP contribution in [0.2, 0.25) is 0 Å². The molecule has 0 saturated heterocycles. The first-order valence-electron chi connectivity index (χ1n) is 6.43. The summed E-state index contributed by atoms with van der Waals surface area (Å²) in [7, 11) is 0. The third-order valence-corrected chi connectivity index (χ3v) is 2.87. The van der Waals surface area contributed by atoms with E-state index in [1.807, 2.05) is 24.3 Å². The van der Waals surface area contributed by atoms with E-state index >= 15 is 0 Å². The average molecular weight is 239 g/mol. The first-order chi connectivity index (χ1) is 8.84. The highest BCUT2D eigenvalue weighted by Gasteiger charge is 1.95. The molecule has 0 atom stereocenters. The lowest BCUT2D eigenvalue weighted by Gasteiger charge is -2.06. The molecule has 0 aromatic heterocycles. The molecule has 0 amide bonds. The number of aryl methyl sites for hydroxylation is 1. The summed E-state index contributed by atoms with van der Waals surface area (Å²) in [6.45, 7) is 4.66. The van der Waals surface area contributed by atoms with Gasteiger partial charge in [0.1, 0.15) is 5.75 Å². The van der Waals surface area contributed by atoms with Crippen molar-refractivity contribution >= 4 is 0 Å². The second-order valence-electron chi connectivity index (χ2n) is 4.44. The Kier molecular flexibility index (Phi) is 4.83. The topological polar surface area (TPSA) is 9.23 Å². The molecule has 93 valence electrons. The Bertz CT molecular complexity index is 462. The summed E-state index contributed by atoms with van der Waals surface area (Å²) in [6, 6.07) is 18.5. The fourth-order valence-corrected chi connectivity index (χ4v) is 1.90. The predicted octanol–water partition coefficient (Wildman–Crippen LogP) is 4.27. The number of benzene rings is 2. The van der Waals surface area contributed by atoms with E-state index < -0.39 is 0 Å². The molecule has 2 aromatic carbocycles. The Hall–Kier alpha value is -1.76. The minimum atomic E-state index is 0.774. The van der Waals surface area contributed by atoms with Gasteiger partial charge < -0.3 is 4.74 Å².